The number of ether oxygens (including phenoxy) is 1. The maximum absolute atomic E-state index is 13.3. The summed E-state index contributed by atoms with van der Waals surface area (Å²) in [6, 6.07) is 6.18. The number of hydroxylamine groups is 1. The molecule has 0 aliphatic carbocycles. The van der Waals surface area contributed by atoms with E-state index in [0.717, 1.165) is 25.2 Å². The maximum Gasteiger partial charge on any atom is 0.246 e. The number of amides is 1. The quantitative estimate of drug-likeness (QED) is 0.434. The lowest BCUT2D eigenvalue weighted by atomic mass is 9.92. The number of likely N-dealkylation sites (tertiary alicyclic amines) is 2. The minimum atomic E-state index is -0.383. The summed E-state index contributed by atoms with van der Waals surface area (Å²) >= 11 is 0. The van der Waals surface area contributed by atoms with Crippen molar-refractivity contribution in [2.45, 2.75) is 51.0 Å². The number of nitrogens with one attached hydrogen (secondary N) is 1. The molecule has 1 aromatic carbocycles. The van der Waals surface area contributed by atoms with E-state index in [0.29, 0.717) is 18.8 Å². The van der Waals surface area contributed by atoms with Gasteiger partial charge in [-0.15, -0.1) is 0 Å². The van der Waals surface area contributed by atoms with Crippen molar-refractivity contribution < 1.29 is 19.1 Å². The van der Waals surface area contributed by atoms with Crippen molar-refractivity contribution in [2.24, 2.45) is 11.8 Å². The fourth-order valence-electron chi connectivity index (χ4n) is 5.10. The highest BCUT2D eigenvalue weighted by Crippen LogP contribution is 2.28. The minimum absolute atomic E-state index is 0.299. The van der Waals surface area contributed by atoms with Crippen LogP contribution in [0.3, 0.4) is 0 Å². The Balaban J connectivity index is 1.52. The van der Waals surface area contributed by atoms with Gasteiger partial charge in [0.25, 0.3) is 0 Å². The number of nitrogens with zero attached hydrogens (tertiary/aromatic N) is 2. The normalized spacial score (nSPS) is 22.7. The smallest absolute Gasteiger partial charge is 0.246 e. The van der Waals surface area contributed by atoms with Crippen LogP contribution in [0.25, 0.3) is 0 Å². The Kier molecular flexibility index (Phi) is 9.71. The van der Waals surface area contributed by atoms with Gasteiger partial charge in [0.05, 0.1) is 6.10 Å². The largest absolute Gasteiger partial charge is 0.377 e. The third kappa shape index (κ3) is 7.52. The number of methoxy groups -OCH3 is 1. The third-order valence-electron chi connectivity index (χ3n) is 6.87. The van der Waals surface area contributed by atoms with Crippen molar-refractivity contribution in [1.29, 1.82) is 0 Å². The molecule has 174 valence electrons. The minimum Gasteiger partial charge on any atom is -0.377 e. The van der Waals surface area contributed by atoms with E-state index in [2.05, 4.69) is 9.80 Å². The molecule has 2 heterocycles. The standard InChI is InChI=1S/C24H38FN3O3/c1-31-23(20-7-9-22(25)10-8-20)16-21(24(29)26-30)11-15-28-14-5-6-19(18-28)17-27-12-3-2-4-13-27/h7-10,19,21,23,30H,2-6,11-18H2,1H3,(H,26,29)/t19-,21+,23-/m1/s1. The molecule has 0 radical (unpaired) electrons. The van der Waals surface area contributed by atoms with Crippen LogP contribution in [0, 0.1) is 17.7 Å². The molecule has 7 heteroatoms. The van der Waals surface area contributed by atoms with E-state index >= 15 is 0 Å². The van der Waals surface area contributed by atoms with Gasteiger partial charge in [-0.25, -0.2) is 9.87 Å². The number of rotatable bonds is 10. The molecule has 2 saturated heterocycles. The Morgan fingerprint density at radius 2 is 1.87 bits per heavy atom. The second kappa shape index (κ2) is 12.5. The Labute approximate surface area is 185 Å². The lowest BCUT2D eigenvalue weighted by Gasteiger charge is -2.37. The highest BCUT2D eigenvalue weighted by atomic mass is 19.1. The van der Waals surface area contributed by atoms with Crippen molar-refractivity contribution in [2.75, 3.05) is 46.4 Å². The second-order valence-corrected chi connectivity index (χ2v) is 9.14. The van der Waals surface area contributed by atoms with Crippen LogP contribution in [0.1, 0.15) is 56.6 Å². The summed E-state index contributed by atoms with van der Waals surface area (Å²) in [5, 5.41) is 9.25. The van der Waals surface area contributed by atoms with Crippen molar-refractivity contribution in [3.05, 3.63) is 35.6 Å². The molecule has 31 heavy (non-hydrogen) atoms. The number of piperidine rings is 2. The van der Waals surface area contributed by atoms with E-state index < -0.39 is 0 Å². The zero-order chi connectivity index (χ0) is 22.1. The topological polar surface area (TPSA) is 65.0 Å². The number of benzene rings is 1. The number of hydrogen-bond acceptors (Lipinski definition) is 5. The zero-order valence-electron chi connectivity index (χ0n) is 18.8. The van der Waals surface area contributed by atoms with E-state index in [4.69, 9.17) is 4.74 Å². The first kappa shape index (κ1) is 24.1. The van der Waals surface area contributed by atoms with Gasteiger partial charge in [-0.1, -0.05) is 18.6 Å². The summed E-state index contributed by atoms with van der Waals surface area (Å²) < 4.78 is 18.9. The van der Waals surface area contributed by atoms with Crippen molar-refractivity contribution in [3.8, 4) is 0 Å². The fraction of sp³-hybridized carbons (Fsp3) is 0.708. The molecule has 3 atom stereocenters. The summed E-state index contributed by atoms with van der Waals surface area (Å²) in [6.07, 6.45) is 7.27. The molecule has 2 fully saturated rings. The van der Waals surface area contributed by atoms with E-state index in [9.17, 15) is 14.4 Å². The molecule has 1 aromatic rings. The molecule has 1 amide bonds. The van der Waals surface area contributed by atoms with Crippen LogP contribution in [-0.2, 0) is 9.53 Å². The van der Waals surface area contributed by atoms with Crippen LogP contribution in [0.15, 0.2) is 24.3 Å². The molecule has 0 spiro atoms. The average Bonchev–Trinajstić information content (AvgIpc) is 2.80. The van der Waals surface area contributed by atoms with E-state index in [1.165, 1.54) is 63.9 Å². The van der Waals surface area contributed by atoms with Gasteiger partial charge in [-0.3, -0.25) is 10.0 Å². The summed E-state index contributed by atoms with van der Waals surface area (Å²) in [6.45, 7) is 6.63. The van der Waals surface area contributed by atoms with Gasteiger partial charge >= 0.3 is 0 Å². The molecular weight excluding hydrogens is 397 g/mol. The molecule has 0 unspecified atom stereocenters. The highest BCUT2D eigenvalue weighted by Gasteiger charge is 2.27. The number of halogens is 1. The number of carbonyl (C=O) groups excluding carboxylic acids is 1. The van der Waals surface area contributed by atoms with Gasteiger partial charge in [-0.05, 0) is 88.3 Å². The van der Waals surface area contributed by atoms with Crippen LogP contribution in [0.4, 0.5) is 4.39 Å². The van der Waals surface area contributed by atoms with Gasteiger partial charge in [0.2, 0.25) is 5.91 Å². The first-order valence-corrected chi connectivity index (χ1v) is 11.8. The SMILES string of the molecule is CO[C@H](C[C@H](CCN1CCC[C@H](CN2CCCCC2)C1)C(=O)NO)c1ccc(F)cc1. The Morgan fingerprint density at radius 3 is 2.55 bits per heavy atom. The highest BCUT2D eigenvalue weighted by molar-refractivity contribution is 5.77. The lowest BCUT2D eigenvalue weighted by Crippen LogP contribution is -2.43. The Bertz CT molecular complexity index is 667. The van der Waals surface area contributed by atoms with Crippen molar-refractivity contribution in [3.63, 3.8) is 0 Å². The molecule has 0 bridgehead atoms. The van der Waals surface area contributed by atoms with Crippen LogP contribution < -0.4 is 5.48 Å². The fourth-order valence-corrected chi connectivity index (χ4v) is 5.10. The van der Waals surface area contributed by atoms with E-state index in [-0.39, 0.29) is 23.7 Å². The third-order valence-corrected chi connectivity index (χ3v) is 6.87. The molecule has 2 aliphatic rings. The molecular formula is C24H38FN3O3. The predicted molar refractivity (Wildman–Crippen MR) is 118 cm³/mol. The first-order valence-electron chi connectivity index (χ1n) is 11.8. The predicted octanol–water partition coefficient (Wildman–Crippen LogP) is 3.61. The van der Waals surface area contributed by atoms with Crippen molar-refractivity contribution >= 4 is 5.91 Å². The maximum atomic E-state index is 13.3. The van der Waals surface area contributed by atoms with Gasteiger partial charge in [-0.2, -0.15) is 0 Å². The summed E-state index contributed by atoms with van der Waals surface area (Å²) in [5.41, 5.74) is 2.66. The summed E-state index contributed by atoms with van der Waals surface area (Å²) in [7, 11) is 1.60. The van der Waals surface area contributed by atoms with Gasteiger partial charge < -0.3 is 14.5 Å². The summed E-state index contributed by atoms with van der Waals surface area (Å²) in [5.74, 6) is -0.358. The summed E-state index contributed by atoms with van der Waals surface area (Å²) in [4.78, 5) is 17.4. The number of carbonyl (C=O) groups is 1. The van der Waals surface area contributed by atoms with Gasteiger partial charge in [0, 0.05) is 26.1 Å². The van der Waals surface area contributed by atoms with Crippen LogP contribution in [0.5, 0.6) is 0 Å². The second-order valence-electron chi connectivity index (χ2n) is 9.14. The number of hydrogen-bond donors (Lipinski definition) is 2. The van der Waals surface area contributed by atoms with Crippen LogP contribution in [0.2, 0.25) is 0 Å². The molecule has 0 saturated carbocycles. The molecule has 2 aliphatic heterocycles. The van der Waals surface area contributed by atoms with Gasteiger partial charge in [0.1, 0.15) is 5.82 Å². The van der Waals surface area contributed by atoms with E-state index in [1.807, 2.05) is 5.48 Å². The van der Waals surface area contributed by atoms with Crippen LogP contribution >= 0.6 is 0 Å². The zero-order valence-corrected chi connectivity index (χ0v) is 18.8. The lowest BCUT2D eigenvalue weighted by molar-refractivity contribution is -0.135. The van der Waals surface area contributed by atoms with E-state index in [1.54, 1.807) is 19.2 Å². The molecule has 3 rings (SSSR count). The van der Waals surface area contributed by atoms with Crippen LogP contribution in [-0.4, -0.2) is 67.3 Å². The first-order chi connectivity index (χ1) is 15.1. The van der Waals surface area contributed by atoms with Crippen molar-refractivity contribution in [1.82, 2.24) is 15.3 Å². The average molecular weight is 436 g/mol. The Morgan fingerprint density at radius 1 is 1.16 bits per heavy atom. The molecule has 2 N–H and O–H groups in total. The molecule has 6 nitrogen and oxygen atoms in total. The molecule has 0 aromatic heterocycles. The Hall–Kier alpha value is -1.54. The monoisotopic (exact) mass is 435 g/mol. The van der Waals surface area contributed by atoms with Gasteiger partial charge in [0.15, 0.2) is 0 Å².